The van der Waals surface area contributed by atoms with Crippen molar-refractivity contribution in [3.05, 3.63) is 35.8 Å². The molecule has 0 unspecified atom stereocenters. The van der Waals surface area contributed by atoms with Gasteiger partial charge >= 0.3 is 5.97 Å². The third-order valence-corrected chi connectivity index (χ3v) is 2.17. The molecule has 0 saturated carbocycles. The monoisotopic (exact) mass is 237 g/mol. The van der Waals surface area contributed by atoms with E-state index in [1.165, 1.54) is 25.3 Å². The summed E-state index contributed by atoms with van der Waals surface area (Å²) >= 11 is 0. The van der Waals surface area contributed by atoms with E-state index >= 15 is 0 Å². The first-order valence-electron chi connectivity index (χ1n) is 4.65. The number of benzene rings is 1. The Morgan fingerprint density at radius 1 is 1.47 bits per heavy atom. The predicted octanol–water partition coefficient (Wildman–Crippen LogP) is 2.19. The van der Waals surface area contributed by atoms with Crippen LogP contribution in [0.2, 0.25) is 0 Å². The molecule has 5 nitrogen and oxygen atoms in total. The highest BCUT2D eigenvalue weighted by molar-refractivity contribution is 5.85. The fourth-order valence-corrected chi connectivity index (χ4v) is 1.34. The second kappa shape index (κ2) is 4.25. The van der Waals surface area contributed by atoms with E-state index in [4.69, 9.17) is 9.84 Å². The number of carbonyl (C=O) groups is 1. The minimum absolute atomic E-state index is 0.107. The average molecular weight is 237 g/mol. The zero-order valence-electron chi connectivity index (χ0n) is 8.81. The molecule has 0 bridgehead atoms. The molecule has 88 valence electrons. The van der Waals surface area contributed by atoms with Crippen LogP contribution in [0.3, 0.4) is 0 Å². The molecule has 0 aliphatic carbocycles. The van der Waals surface area contributed by atoms with Gasteiger partial charge in [0.2, 0.25) is 5.76 Å². The fraction of sp³-hybridized carbons (Fsp3) is 0.0909. The van der Waals surface area contributed by atoms with E-state index in [1.807, 2.05) is 0 Å². The highest BCUT2D eigenvalue weighted by Gasteiger charge is 2.13. The van der Waals surface area contributed by atoms with E-state index < -0.39 is 11.8 Å². The van der Waals surface area contributed by atoms with Crippen molar-refractivity contribution in [1.82, 2.24) is 5.16 Å². The van der Waals surface area contributed by atoms with Gasteiger partial charge in [0.1, 0.15) is 5.69 Å². The lowest BCUT2D eigenvalue weighted by atomic mass is 10.1. The first-order chi connectivity index (χ1) is 8.11. The fourth-order valence-electron chi connectivity index (χ4n) is 1.34. The van der Waals surface area contributed by atoms with Crippen molar-refractivity contribution < 1.29 is 23.6 Å². The molecule has 0 spiro atoms. The summed E-state index contributed by atoms with van der Waals surface area (Å²) < 4.78 is 22.7. The molecule has 2 aromatic rings. The smallest absolute Gasteiger partial charge is 0.374 e. The minimum Gasteiger partial charge on any atom is -0.494 e. The largest absolute Gasteiger partial charge is 0.494 e. The molecule has 0 atom stereocenters. The molecule has 2 rings (SSSR count). The number of hydrogen-bond donors (Lipinski definition) is 1. The average Bonchev–Trinajstić information content (AvgIpc) is 2.78. The van der Waals surface area contributed by atoms with E-state index in [0.717, 1.165) is 0 Å². The third-order valence-electron chi connectivity index (χ3n) is 2.17. The third kappa shape index (κ3) is 2.10. The van der Waals surface area contributed by atoms with Gasteiger partial charge in [-0.15, -0.1) is 0 Å². The summed E-state index contributed by atoms with van der Waals surface area (Å²) in [5.74, 6) is -1.96. The number of hydrogen-bond acceptors (Lipinski definition) is 4. The number of aromatic carboxylic acids is 1. The van der Waals surface area contributed by atoms with Gasteiger partial charge in [-0.2, -0.15) is 0 Å². The van der Waals surface area contributed by atoms with Gasteiger partial charge in [-0.3, -0.25) is 0 Å². The number of carboxylic acid groups (broad SMARTS) is 1. The van der Waals surface area contributed by atoms with Crippen LogP contribution in [0, 0.1) is 5.82 Å². The van der Waals surface area contributed by atoms with Crippen molar-refractivity contribution in [1.29, 1.82) is 0 Å². The highest BCUT2D eigenvalue weighted by Crippen LogP contribution is 2.25. The molecule has 0 amide bonds. The zero-order valence-corrected chi connectivity index (χ0v) is 8.81. The predicted molar refractivity (Wildman–Crippen MR) is 55.4 cm³/mol. The van der Waals surface area contributed by atoms with E-state index in [-0.39, 0.29) is 17.2 Å². The van der Waals surface area contributed by atoms with Crippen molar-refractivity contribution in [2.24, 2.45) is 0 Å². The van der Waals surface area contributed by atoms with Crippen LogP contribution in [0.5, 0.6) is 5.75 Å². The lowest BCUT2D eigenvalue weighted by molar-refractivity contribution is 0.0652. The first kappa shape index (κ1) is 11.1. The van der Waals surface area contributed by atoms with Crippen LogP contribution in [0.25, 0.3) is 11.3 Å². The molecule has 0 radical (unpaired) electrons. The first-order valence-corrected chi connectivity index (χ1v) is 4.65. The molecule has 1 aromatic heterocycles. The Morgan fingerprint density at radius 3 is 2.76 bits per heavy atom. The Balaban J connectivity index is 2.39. The van der Waals surface area contributed by atoms with Gasteiger partial charge in [-0.25, -0.2) is 9.18 Å². The van der Waals surface area contributed by atoms with E-state index in [0.29, 0.717) is 5.56 Å². The summed E-state index contributed by atoms with van der Waals surface area (Å²) in [6.07, 6.45) is 0. The molecule has 0 fully saturated rings. The lowest BCUT2D eigenvalue weighted by Gasteiger charge is -2.02. The topological polar surface area (TPSA) is 72.6 Å². The second-order valence-electron chi connectivity index (χ2n) is 3.23. The molecular weight excluding hydrogens is 229 g/mol. The summed E-state index contributed by atoms with van der Waals surface area (Å²) in [5.41, 5.74) is 0.670. The van der Waals surface area contributed by atoms with Crippen molar-refractivity contribution in [2.45, 2.75) is 0 Å². The molecule has 17 heavy (non-hydrogen) atoms. The summed E-state index contributed by atoms with van der Waals surface area (Å²) in [7, 11) is 1.36. The number of halogens is 1. The van der Waals surface area contributed by atoms with Crippen LogP contribution in [-0.4, -0.2) is 23.3 Å². The van der Waals surface area contributed by atoms with Crippen LogP contribution in [-0.2, 0) is 0 Å². The zero-order chi connectivity index (χ0) is 12.4. The Bertz CT molecular complexity index is 564. The Morgan fingerprint density at radius 2 is 2.24 bits per heavy atom. The van der Waals surface area contributed by atoms with E-state index in [2.05, 4.69) is 9.68 Å². The number of nitrogens with zero attached hydrogens (tertiary/aromatic N) is 1. The van der Waals surface area contributed by atoms with Gasteiger partial charge in [-0.05, 0) is 18.2 Å². The van der Waals surface area contributed by atoms with Gasteiger partial charge < -0.3 is 14.4 Å². The summed E-state index contributed by atoms with van der Waals surface area (Å²) in [6.45, 7) is 0. The molecule has 0 aliphatic heterocycles. The van der Waals surface area contributed by atoms with Crippen LogP contribution in [0.1, 0.15) is 10.6 Å². The molecule has 0 aliphatic rings. The van der Waals surface area contributed by atoms with Crippen LogP contribution < -0.4 is 4.74 Å². The number of methoxy groups -OCH3 is 1. The van der Waals surface area contributed by atoms with Gasteiger partial charge in [0.05, 0.1) is 7.11 Å². The normalized spacial score (nSPS) is 10.2. The van der Waals surface area contributed by atoms with Crippen molar-refractivity contribution in [3.8, 4) is 17.0 Å². The Kier molecular flexibility index (Phi) is 2.78. The standard InChI is InChI=1S/C11H8FNO4/c1-16-9-3-2-6(4-7(9)12)8-5-10(11(14)15)17-13-8/h2-5H,1H3,(H,14,15). The quantitative estimate of drug-likeness (QED) is 0.885. The minimum atomic E-state index is -1.22. The molecule has 6 heteroatoms. The molecule has 1 heterocycles. The molecule has 1 aromatic carbocycles. The van der Waals surface area contributed by atoms with Gasteiger partial charge in [0.25, 0.3) is 0 Å². The number of aromatic nitrogens is 1. The van der Waals surface area contributed by atoms with Gasteiger partial charge in [0, 0.05) is 11.6 Å². The van der Waals surface area contributed by atoms with Crippen molar-refractivity contribution >= 4 is 5.97 Å². The lowest BCUT2D eigenvalue weighted by Crippen LogP contribution is -1.91. The highest BCUT2D eigenvalue weighted by atomic mass is 19.1. The number of carboxylic acids is 1. The number of rotatable bonds is 3. The van der Waals surface area contributed by atoms with Crippen LogP contribution in [0.4, 0.5) is 4.39 Å². The summed E-state index contributed by atoms with van der Waals surface area (Å²) in [4.78, 5) is 10.6. The molecular formula is C11H8FNO4. The van der Waals surface area contributed by atoms with Gasteiger partial charge in [-0.1, -0.05) is 5.16 Å². The SMILES string of the molecule is COc1ccc(-c2cc(C(=O)O)on2)cc1F. The van der Waals surface area contributed by atoms with Gasteiger partial charge in [0.15, 0.2) is 11.6 Å². The Hall–Kier alpha value is -2.37. The Labute approximate surface area is 95.4 Å². The van der Waals surface area contributed by atoms with Crippen LogP contribution in [0.15, 0.2) is 28.8 Å². The maximum atomic E-state index is 13.4. The van der Waals surface area contributed by atoms with E-state index in [9.17, 15) is 9.18 Å². The van der Waals surface area contributed by atoms with Crippen molar-refractivity contribution in [3.63, 3.8) is 0 Å². The molecule has 0 saturated heterocycles. The van der Waals surface area contributed by atoms with E-state index in [1.54, 1.807) is 6.07 Å². The number of ether oxygens (including phenoxy) is 1. The second-order valence-corrected chi connectivity index (χ2v) is 3.23. The maximum absolute atomic E-state index is 13.4. The molecule has 1 N–H and O–H groups in total. The van der Waals surface area contributed by atoms with Crippen LogP contribution >= 0.6 is 0 Å². The summed E-state index contributed by atoms with van der Waals surface area (Å²) in [5, 5.41) is 12.2. The van der Waals surface area contributed by atoms with Crippen molar-refractivity contribution in [2.75, 3.05) is 7.11 Å². The maximum Gasteiger partial charge on any atom is 0.374 e. The summed E-state index contributed by atoms with van der Waals surface area (Å²) in [6, 6.07) is 5.41.